The van der Waals surface area contributed by atoms with Crippen molar-refractivity contribution in [3.8, 4) is 0 Å². The summed E-state index contributed by atoms with van der Waals surface area (Å²) in [6.45, 7) is 0.498. The van der Waals surface area contributed by atoms with Gasteiger partial charge in [-0.15, -0.1) is 12.4 Å². The molecule has 1 amide bonds. The molecule has 0 bridgehead atoms. The number of halogens is 4. The smallest absolute Gasteiger partial charge is 0.354 e. The molecule has 1 unspecified atom stereocenters. The van der Waals surface area contributed by atoms with Crippen LogP contribution in [0.2, 0.25) is 0 Å². The largest absolute Gasteiger partial charge is 0.404 e. The molecule has 1 atom stereocenters. The topological polar surface area (TPSA) is 58.4 Å². The van der Waals surface area contributed by atoms with Crippen molar-refractivity contribution in [1.29, 1.82) is 0 Å². The van der Waals surface area contributed by atoms with Crippen molar-refractivity contribution in [3.05, 3.63) is 35.9 Å². The molecule has 2 rings (SSSR count). The number of nitrogens with one attached hydrogen (secondary N) is 1. The molecule has 1 aliphatic rings. The number of amides is 1. The molecule has 1 heterocycles. The van der Waals surface area contributed by atoms with E-state index >= 15 is 0 Å². The summed E-state index contributed by atoms with van der Waals surface area (Å²) in [5, 5.41) is 2.30. The Morgan fingerprint density at radius 1 is 1.30 bits per heavy atom. The number of likely N-dealkylation sites (tertiary alicyclic amines) is 1. The normalized spacial score (nSPS) is 21.7. The Bertz CT molecular complexity index is 512. The second-order valence-corrected chi connectivity index (χ2v) is 5.57. The summed E-state index contributed by atoms with van der Waals surface area (Å²) in [6, 6.07) is 9.27. The van der Waals surface area contributed by atoms with Gasteiger partial charge < -0.3 is 11.1 Å². The molecule has 1 fully saturated rings. The highest BCUT2D eigenvalue weighted by Crippen LogP contribution is 2.46. The summed E-state index contributed by atoms with van der Waals surface area (Å²) < 4.78 is 40.5. The summed E-state index contributed by atoms with van der Waals surface area (Å²) in [5.41, 5.74) is 3.85. The number of rotatable bonds is 5. The van der Waals surface area contributed by atoms with Gasteiger partial charge in [-0.05, 0) is 18.5 Å². The van der Waals surface area contributed by atoms with Gasteiger partial charge >= 0.3 is 6.18 Å². The Morgan fingerprint density at radius 2 is 1.96 bits per heavy atom. The summed E-state index contributed by atoms with van der Waals surface area (Å²) in [5.74, 6) is -0.971. The van der Waals surface area contributed by atoms with Crippen LogP contribution in [0.4, 0.5) is 13.2 Å². The van der Waals surface area contributed by atoms with Gasteiger partial charge in [0, 0.05) is 26.2 Å². The van der Waals surface area contributed by atoms with E-state index in [0.29, 0.717) is 6.54 Å². The van der Waals surface area contributed by atoms with Crippen LogP contribution in [0, 0.1) is 5.41 Å². The SMILES string of the molecule is Cl.NCCNC(=O)C1(C(F)(F)F)CCN(Cc2ccccc2)C1. The van der Waals surface area contributed by atoms with Crippen LogP contribution in [0.5, 0.6) is 0 Å². The van der Waals surface area contributed by atoms with Crippen molar-refractivity contribution < 1.29 is 18.0 Å². The molecule has 0 aliphatic carbocycles. The maximum absolute atomic E-state index is 13.5. The molecule has 1 aromatic rings. The molecule has 23 heavy (non-hydrogen) atoms. The molecule has 3 N–H and O–H groups in total. The minimum absolute atomic E-state index is 0. The molecule has 0 spiro atoms. The average Bonchev–Trinajstić information content (AvgIpc) is 2.91. The van der Waals surface area contributed by atoms with Crippen LogP contribution in [0.1, 0.15) is 12.0 Å². The Kier molecular flexibility index (Phi) is 6.85. The number of nitrogens with zero attached hydrogens (tertiary/aromatic N) is 1. The van der Waals surface area contributed by atoms with E-state index in [9.17, 15) is 18.0 Å². The van der Waals surface area contributed by atoms with E-state index < -0.39 is 17.5 Å². The Balaban J connectivity index is 0.00000264. The second-order valence-electron chi connectivity index (χ2n) is 5.57. The maximum Gasteiger partial charge on any atom is 0.404 e. The van der Waals surface area contributed by atoms with Crippen molar-refractivity contribution in [2.45, 2.75) is 19.1 Å². The van der Waals surface area contributed by atoms with E-state index in [-0.39, 0.29) is 45.0 Å². The van der Waals surface area contributed by atoms with Gasteiger partial charge in [0.2, 0.25) is 5.91 Å². The molecule has 1 saturated heterocycles. The fraction of sp³-hybridized carbons (Fsp3) is 0.533. The van der Waals surface area contributed by atoms with Gasteiger partial charge in [0.15, 0.2) is 5.41 Å². The molecule has 0 saturated carbocycles. The monoisotopic (exact) mass is 351 g/mol. The van der Waals surface area contributed by atoms with E-state index in [1.54, 1.807) is 4.90 Å². The summed E-state index contributed by atoms with van der Waals surface area (Å²) >= 11 is 0. The van der Waals surface area contributed by atoms with Crippen LogP contribution in [0.3, 0.4) is 0 Å². The van der Waals surface area contributed by atoms with Gasteiger partial charge in [-0.2, -0.15) is 13.2 Å². The lowest BCUT2D eigenvalue weighted by atomic mass is 9.85. The first-order valence-electron chi connectivity index (χ1n) is 7.20. The fourth-order valence-corrected chi connectivity index (χ4v) is 2.77. The van der Waals surface area contributed by atoms with Crippen LogP contribution in [0.15, 0.2) is 30.3 Å². The van der Waals surface area contributed by atoms with Crippen LogP contribution in [-0.2, 0) is 11.3 Å². The predicted octanol–water partition coefficient (Wildman–Crippen LogP) is 1.94. The number of hydrogen-bond donors (Lipinski definition) is 2. The van der Waals surface area contributed by atoms with Gasteiger partial charge in [-0.25, -0.2) is 0 Å². The molecule has 0 aromatic heterocycles. The molecule has 0 radical (unpaired) electrons. The Morgan fingerprint density at radius 3 is 2.52 bits per heavy atom. The van der Waals surface area contributed by atoms with Gasteiger partial charge in [0.05, 0.1) is 0 Å². The predicted molar refractivity (Wildman–Crippen MR) is 84.1 cm³/mol. The zero-order valence-corrected chi connectivity index (χ0v) is 13.4. The highest BCUT2D eigenvalue weighted by Gasteiger charge is 2.62. The van der Waals surface area contributed by atoms with Crippen molar-refractivity contribution in [2.24, 2.45) is 11.1 Å². The lowest BCUT2D eigenvalue weighted by molar-refractivity contribution is -0.218. The van der Waals surface area contributed by atoms with Crippen molar-refractivity contribution >= 4 is 18.3 Å². The quantitative estimate of drug-likeness (QED) is 0.852. The van der Waals surface area contributed by atoms with Gasteiger partial charge in [-0.3, -0.25) is 9.69 Å². The molecular formula is C15H21ClF3N3O. The van der Waals surface area contributed by atoms with E-state index in [0.717, 1.165) is 5.56 Å². The molecule has 1 aliphatic heterocycles. The van der Waals surface area contributed by atoms with Crippen LogP contribution >= 0.6 is 12.4 Å². The first kappa shape index (κ1) is 19.7. The molecule has 8 heteroatoms. The van der Waals surface area contributed by atoms with E-state index in [1.165, 1.54) is 0 Å². The third-order valence-corrected chi connectivity index (χ3v) is 4.00. The zero-order chi connectivity index (χ0) is 16.2. The first-order valence-corrected chi connectivity index (χ1v) is 7.20. The molecule has 4 nitrogen and oxygen atoms in total. The van der Waals surface area contributed by atoms with Gasteiger partial charge in [-0.1, -0.05) is 30.3 Å². The van der Waals surface area contributed by atoms with Gasteiger partial charge in [0.25, 0.3) is 0 Å². The number of hydrogen-bond acceptors (Lipinski definition) is 3. The summed E-state index contributed by atoms with van der Waals surface area (Å²) in [4.78, 5) is 13.7. The number of nitrogens with two attached hydrogens (primary N) is 1. The minimum atomic E-state index is -4.57. The molecule has 1 aromatic carbocycles. The van der Waals surface area contributed by atoms with E-state index in [1.807, 2.05) is 30.3 Å². The minimum Gasteiger partial charge on any atom is -0.354 e. The lowest BCUT2D eigenvalue weighted by Crippen LogP contribution is -2.53. The first-order chi connectivity index (χ1) is 10.4. The lowest BCUT2D eigenvalue weighted by Gasteiger charge is -2.30. The number of carbonyl (C=O) groups excluding carboxylic acids is 1. The van der Waals surface area contributed by atoms with Gasteiger partial charge in [0.1, 0.15) is 0 Å². The standard InChI is InChI=1S/C15H20F3N3O.ClH/c16-15(17,18)14(13(22)20-8-7-19)6-9-21(11-14)10-12-4-2-1-3-5-12;/h1-5H,6-11,19H2,(H,20,22);1H. The third kappa shape index (κ3) is 4.37. The Labute approximate surface area is 139 Å². The second kappa shape index (κ2) is 7.99. The fourth-order valence-electron chi connectivity index (χ4n) is 2.77. The third-order valence-electron chi connectivity index (χ3n) is 4.00. The number of benzene rings is 1. The van der Waals surface area contributed by atoms with E-state index in [4.69, 9.17) is 5.73 Å². The zero-order valence-electron chi connectivity index (χ0n) is 12.6. The summed E-state index contributed by atoms with van der Waals surface area (Å²) in [6.07, 6.45) is -4.79. The van der Waals surface area contributed by atoms with Crippen molar-refractivity contribution in [2.75, 3.05) is 26.2 Å². The summed E-state index contributed by atoms with van der Waals surface area (Å²) in [7, 11) is 0. The van der Waals surface area contributed by atoms with Crippen LogP contribution in [0.25, 0.3) is 0 Å². The van der Waals surface area contributed by atoms with E-state index in [2.05, 4.69) is 5.32 Å². The highest BCUT2D eigenvalue weighted by molar-refractivity contribution is 5.85. The maximum atomic E-state index is 13.5. The van der Waals surface area contributed by atoms with Crippen LogP contribution < -0.4 is 11.1 Å². The molecular weight excluding hydrogens is 331 g/mol. The Hall–Kier alpha value is -1.31. The highest BCUT2D eigenvalue weighted by atomic mass is 35.5. The number of alkyl halides is 3. The average molecular weight is 352 g/mol. The van der Waals surface area contributed by atoms with Crippen molar-refractivity contribution in [1.82, 2.24) is 10.2 Å². The molecule has 130 valence electrons. The van der Waals surface area contributed by atoms with Crippen molar-refractivity contribution in [3.63, 3.8) is 0 Å². The van der Waals surface area contributed by atoms with Crippen LogP contribution in [-0.4, -0.2) is 43.2 Å². The number of carbonyl (C=O) groups is 1.